The molecule has 0 bridgehead atoms. The minimum atomic E-state index is -0.645. The first-order valence-corrected chi connectivity index (χ1v) is 8.94. The first-order chi connectivity index (χ1) is 12.4. The van der Waals surface area contributed by atoms with Crippen molar-refractivity contribution in [3.63, 3.8) is 0 Å². The molecule has 0 spiro atoms. The highest BCUT2D eigenvalue weighted by Gasteiger charge is 2.39. The van der Waals surface area contributed by atoms with Crippen LogP contribution in [0.2, 0.25) is 0 Å². The fourth-order valence-electron chi connectivity index (χ4n) is 3.17. The molecule has 0 aromatic carbocycles. The van der Waals surface area contributed by atoms with Crippen molar-refractivity contribution in [2.45, 2.75) is 57.2 Å². The smallest absolute Gasteiger partial charge is 0.310 e. The number of piperidine rings is 1. The molecule has 0 aromatic rings. The minimum absolute atomic E-state index is 0.185. The number of hydrogen-bond acceptors (Lipinski definition) is 6. The van der Waals surface area contributed by atoms with Crippen LogP contribution in [0.3, 0.4) is 0 Å². The second-order valence-corrected chi connectivity index (χ2v) is 6.82. The maximum Gasteiger partial charge on any atom is 0.310 e. The topological polar surface area (TPSA) is 100 Å². The SMILES string of the molecule is C#CCCC1(CCC(=O)NC(C)C(=O)N2CCCC(C(=O)OC)C2)N=N1. The molecule has 142 valence electrons. The number of ether oxygens (including phenoxy) is 1. The molecule has 2 amide bonds. The monoisotopic (exact) mass is 362 g/mol. The van der Waals surface area contributed by atoms with Crippen molar-refractivity contribution in [1.82, 2.24) is 10.2 Å². The van der Waals surface area contributed by atoms with E-state index in [0.29, 0.717) is 38.8 Å². The molecule has 1 saturated heterocycles. The van der Waals surface area contributed by atoms with E-state index >= 15 is 0 Å². The lowest BCUT2D eigenvalue weighted by molar-refractivity contribution is -0.149. The Bertz CT molecular complexity index is 619. The van der Waals surface area contributed by atoms with Gasteiger partial charge in [0, 0.05) is 38.8 Å². The van der Waals surface area contributed by atoms with Gasteiger partial charge in [0.25, 0.3) is 0 Å². The number of esters is 1. The van der Waals surface area contributed by atoms with Gasteiger partial charge in [-0.1, -0.05) is 0 Å². The molecule has 2 rings (SSSR count). The summed E-state index contributed by atoms with van der Waals surface area (Å²) in [6.45, 7) is 2.57. The predicted octanol–water partition coefficient (Wildman–Crippen LogP) is 1.26. The maximum atomic E-state index is 12.5. The van der Waals surface area contributed by atoms with Gasteiger partial charge in [-0.3, -0.25) is 14.4 Å². The molecular weight excluding hydrogens is 336 g/mol. The van der Waals surface area contributed by atoms with Gasteiger partial charge in [0.05, 0.1) is 13.0 Å². The molecule has 2 aliphatic heterocycles. The molecule has 26 heavy (non-hydrogen) atoms. The summed E-state index contributed by atoms with van der Waals surface area (Å²) in [6, 6.07) is -0.645. The van der Waals surface area contributed by atoms with Crippen molar-refractivity contribution < 1.29 is 19.1 Å². The summed E-state index contributed by atoms with van der Waals surface area (Å²) in [5.41, 5.74) is -0.502. The number of nitrogens with one attached hydrogen (secondary N) is 1. The van der Waals surface area contributed by atoms with E-state index in [1.807, 2.05) is 0 Å². The van der Waals surface area contributed by atoms with Crippen LogP contribution in [0.4, 0.5) is 0 Å². The summed E-state index contributed by atoms with van der Waals surface area (Å²) in [5, 5.41) is 10.7. The number of methoxy groups -OCH3 is 1. The van der Waals surface area contributed by atoms with Crippen LogP contribution in [-0.2, 0) is 19.1 Å². The van der Waals surface area contributed by atoms with Gasteiger partial charge < -0.3 is 15.0 Å². The standard InChI is InChI=1S/C18H26N4O4/c1-4-5-9-18(20-21-18)10-8-15(23)19-13(2)16(24)22-11-6-7-14(12-22)17(25)26-3/h1,13-14H,5-12H2,2-3H3,(H,19,23). The highest BCUT2D eigenvalue weighted by atomic mass is 16.5. The summed E-state index contributed by atoms with van der Waals surface area (Å²) in [6.07, 6.45) is 8.65. The Kier molecular flexibility index (Phi) is 6.72. The lowest BCUT2D eigenvalue weighted by Crippen LogP contribution is -2.51. The Morgan fingerprint density at radius 3 is 2.73 bits per heavy atom. The number of hydrogen-bond donors (Lipinski definition) is 1. The van der Waals surface area contributed by atoms with Gasteiger partial charge in [-0.2, -0.15) is 10.2 Å². The molecule has 0 radical (unpaired) electrons. The van der Waals surface area contributed by atoms with Gasteiger partial charge in [-0.15, -0.1) is 12.3 Å². The molecule has 0 aromatic heterocycles. The highest BCUT2D eigenvalue weighted by Crippen LogP contribution is 2.37. The van der Waals surface area contributed by atoms with Gasteiger partial charge in [-0.05, 0) is 19.8 Å². The largest absolute Gasteiger partial charge is 0.469 e. The molecule has 8 nitrogen and oxygen atoms in total. The van der Waals surface area contributed by atoms with Crippen molar-refractivity contribution in [3.8, 4) is 12.3 Å². The number of carbonyl (C=O) groups is 3. The van der Waals surface area contributed by atoms with E-state index in [4.69, 9.17) is 11.2 Å². The zero-order valence-corrected chi connectivity index (χ0v) is 15.4. The van der Waals surface area contributed by atoms with Crippen LogP contribution in [0.25, 0.3) is 0 Å². The number of carbonyl (C=O) groups excluding carboxylic acids is 3. The van der Waals surface area contributed by atoms with E-state index in [-0.39, 0.29) is 30.1 Å². The molecule has 2 aliphatic rings. The lowest BCUT2D eigenvalue weighted by Gasteiger charge is -2.33. The Balaban J connectivity index is 1.76. The molecular formula is C18H26N4O4. The van der Waals surface area contributed by atoms with Crippen LogP contribution < -0.4 is 5.32 Å². The van der Waals surface area contributed by atoms with E-state index < -0.39 is 11.7 Å². The second kappa shape index (κ2) is 8.79. The summed E-state index contributed by atoms with van der Waals surface area (Å²) < 4.78 is 4.76. The van der Waals surface area contributed by atoms with Crippen LogP contribution in [0.5, 0.6) is 0 Å². The van der Waals surface area contributed by atoms with Crippen LogP contribution in [0.15, 0.2) is 10.2 Å². The van der Waals surface area contributed by atoms with Crippen LogP contribution in [0, 0.1) is 18.3 Å². The van der Waals surface area contributed by atoms with Crippen molar-refractivity contribution in [3.05, 3.63) is 0 Å². The third-order valence-electron chi connectivity index (χ3n) is 4.82. The first-order valence-electron chi connectivity index (χ1n) is 8.94. The lowest BCUT2D eigenvalue weighted by atomic mass is 9.97. The second-order valence-electron chi connectivity index (χ2n) is 6.82. The molecule has 0 saturated carbocycles. The van der Waals surface area contributed by atoms with Gasteiger partial charge in [0.2, 0.25) is 11.8 Å². The summed E-state index contributed by atoms with van der Waals surface area (Å²) >= 11 is 0. The van der Waals surface area contributed by atoms with Crippen LogP contribution >= 0.6 is 0 Å². The summed E-state index contributed by atoms with van der Waals surface area (Å²) in [5.74, 6) is 1.55. The molecule has 2 unspecified atom stereocenters. The fourth-order valence-corrected chi connectivity index (χ4v) is 3.17. The van der Waals surface area contributed by atoms with Crippen LogP contribution in [0.1, 0.15) is 45.4 Å². The van der Waals surface area contributed by atoms with E-state index in [1.54, 1.807) is 11.8 Å². The molecule has 0 aliphatic carbocycles. The minimum Gasteiger partial charge on any atom is -0.469 e. The summed E-state index contributed by atoms with van der Waals surface area (Å²) in [4.78, 5) is 38.0. The Labute approximate surface area is 153 Å². The molecule has 2 atom stereocenters. The molecule has 8 heteroatoms. The maximum absolute atomic E-state index is 12.5. The van der Waals surface area contributed by atoms with E-state index in [9.17, 15) is 14.4 Å². The first kappa shape index (κ1) is 19.9. The Morgan fingerprint density at radius 1 is 1.38 bits per heavy atom. The Morgan fingerprint density at radius 2 is 2.12 bits per heavy atom. The van der Waals surface area contributed by atoms with E-state index in [2.05, 4.69) is 21.5 Å². The molecule has 2 heterocycles. The van der Waals surface area contributed by atoms with Gasteiger partial charge in [-0.25, -0.2) is 0 Å². The van der Waals surface area contributed by atoms with Crippen molar-refractivity contribution in [2.24, 2.45) is 16.1 Å². The van der Waals surface area contributed by atoms with E-state index in [0.717, 1.165) is 6.42 Å². The number of nitrogens with zero attached hydrogens (tertiary/aromatic N) is 3. The number of likely N-dealkylation sites (tertiary alicyclic amines) is 1. The zero-order chi connectivity index (χ0) is 19.2. The van der Waals surface area contributed by atoms with Gasteiger partial charge in [0.15, 0.2) is 5.66 Å². The number of rotatable bonds is 8. The third-order valence-corrected chi connectivity index (χ3v) is 4.82. The van der Waals surface area contributed by atoms with Crippen molar-refractivity contribution in [2.75, 3.05) is 20.2 Å². The number of terminal acetylenes is 1. The van der Waals surface area contributed by atoms with Crippen molar-refractivity contribution in [1.29, 1.82) is 0 Å². The quantitative estimate of drug-likeness (QED) is 0.519. The molecule has 1 fully saturated rings. The van der Waals surface area contributed by atoms with E-state index in [1.165, 1.54) is 7.11 Å². The van der Waals surface area contributed by atoms with Gasteiger partial charge >= 0.3 is 5.97 Å². The fraction of sp³-hybridized carbons (Fsp3) is 0.722. The zero-order valence-electron chi connectivity index (χ0n) is 15.4. The highest BCUT2D eigenvalue weighted by molar-refractivity contribution is 5.87. The average molecular weight is 362 g/mol. The normalized spacial score (nSPS) is 21.4. The van der Waals surface area contributed by atoms with Gasteiger partial charge in [0.1, 0.15) is 6.04 Å². The average Bonchev–Trinajstić information content (AvgIpc) is 3.43. The third kappa shape index (κ3) is 5.28. The molecule has 1 N–H and O–H groups in total. The van der Waals surface area contributed by atoms with Crippen molar-refractivity contribution >= 4 is 17.8 Å². The number of amides is 2. The summed E-state index contributed by atoms with van der Waals surface area (Å²) in [7, 11) is 1.35. The predicted molar refractivity (Wildman–Crippen MR) is 93.8 cm³/mol. The Hall–Kier alpha value is -2.43. The van der Waals surface area contributed by atoms with Crippen LogP contribution in [-0.4, -0.2) is 54.6 Å².